The minimum atomic E-state index is 0.733. The van der Waals surface area contributed by atoms with Crippen LogP contribution < -0.4 is 19.4 Å². The van der Waals surface area contributed by atoms with Crippen molar-refractivity contribution in [3.63, 3.8) is 0 Å². The van der Waals surface area contributed by atoms with E-state index in [1.807, 2.05) is 31.1 Å². The first-order valence-corrected chi connectivity index (χ1v) is 9.24. The molecule has 142 valence electrons. The van der Waals surface area contributed by atoms with Crippen LogP contribution in [0.1, 0.15) is 5.69 Å². The molecular formula is C20H26N6O. The van der Waals surface area contributed by atoms with Gasteiger partial charge in [0, 0.05) is 51.7 Å². The van der Waals surface area contributed by atoms with Crippen molar-refractivity contribution in [2.24, 2.45) is 0 Å². The van der Waals surface area contributed by atoms with Crippen molar-refractivity contribution < 1.29 is 4.74 Å². The summed E-state index contributed by atoms with van der Waals surface area (Å²) in [6.45, 7) is 5.82. The number of aromatic amines is 1. The van der Waals surface area contributed by atoms with E-state index in [0.29, 0.717) is 0 Å². The van der Waals surface area contributed by atoms with E-state index in [1.165, 1.54) is 5.69 Å². The summed E-state index contributed by atoms with van der Waals surface area (Å²) < 4.78 is 5.26. The van der Waals surface area contributed by atoms with Gasteiger partial charge in [0.2, 0.25) is 5.95 Å². The molecule has 0 atom stereocenters. The summed E-state index contributed by atoms with van der Waals surface area (Å²) in [5.74, 6) is 2.64. The van der Waals surface area contributed by atoms with Crippen molar-refractivity contribution >= 4 is 28.5 Å². The number of fused-ring (bicyclic) bond motifs is 1. The largest absolute Gasteiger partial charge is 0.497 e. The zero-order chi connectivity index (χ0) is 19.0. The monoisotopic (exact) mass is 366 g/mol. The molecule has 27 heavy (non-hydrogen) atoms. The topological polar surface area (TPSA) is 60.5 Å². The van der Waals surface area contributed by atoms with E-state index < -0.39 is 0 Å². The number of H-pyrrole nitrogens is 1. The summed E-state index contributed by atoms with van der Waals surface area (Å²) in [4.78, 5) is 19.6. The van der Waals surface area contributed by atoms with Crippen LogP contribution in [0, 0.1) is 6.92 Å². The van der Waals surface area contributed by atoms with Gasteiger partial charge in [-0.25, -0.2) is 0 Å². The number of hydrogen-bond acceptors (Lipinski definition) is 6. The summed E-state index contributed by atoms with van der Waals surface area (Å²) in [5.41, 5.74) is 3.24. The van der Waals surface area contributed by atoms with Gasteiger partial charge in [-0.05, 0) is 37.3 Å². The number of piperazine rings is 1. The number of rotatable bonds is 4. The van der Waals surface area contributed by atoms with Gasteiger partial charge in [0.05, 0.1) is 12.5 Å². The Morgan fingerprint density at radius 2 is 1.67 bits per heavy atom. The van der Waals surface area contributed by atoms with E-state index >= 15 is 0 Å². The molecule has 7 heteroatoms. The highest BCUT2D eigenvalue weighted by atomic mass is 16.5. The van der Waals surface area contributed by atoms with Crippen molar-refractivity contribution in [2.75, 3.05) is 62.1 Å². The lowest BCUT2D eigenvalue weighted by Crippen LogP contribution is -2.47. The average molecular weight is 366 g/mol. The number of methoxy groups -OCH3 is 1. The van der Waals surface area contributed by atoms with Crippen LogP contribution in [-0.2, 0) is 0 Å². The quantitative estimate of drug-likeness (QED) is 0.766. The zero-order valence-electron chi connectivity index (χ0n) is 16.4. The molecule has 3 aromatic rings. The summed E-state index contributed by atoms with van der Waals surface area (Å²) in [5, 5.41) is 1.09. The van der Waals surface area contributed by atoms with Gasteiger partial charge in [-0.2, -0.15) is 9.97 Å². The smallest absolute Gasteiger partial charge is 0.228 e. The van der Waals surface area contributed by atoms with Crippen LogP contribution in [0.15, 0.2) is 30.3 Å². The molecule has 4 rings (SSSR count). The van der Waals surface area contributed by atoms with E-state index in [9.17, 15) is 0 Å². The normalized spacial score (nSPS) is 14.7. The van der Waals surface area contributed by atoms with E-state index in [-0.39, 0.29) is 0 Å². The van der Waals surface area contributed by atoms with Crippen LogP contribution in [0.5, 0.6) is 5.75 Å². The molecular weight excluding hydrogens is 340 g/mol. The van der Waals surface area contributed by atoms with E-state index in [0.717, 1.165) is 60.4 Å². The number of aryl methyl sites for hydroxylation is 1. The fraction of sp³-hybridized carbons (Fsp3) is 0.400. The molecule has 0 radical (unpaired) electrons. The van der Waals surface area contributed by atoms with Crippen LogP contribution in [0.4, 0.5) is 17.5 Å². The Hall–Kier alpha value is -2.96. The summed E-state index contributed by atoms with van der Waals surface area (Å²) >= 11 is 0. The maximum atomic E-state index is 5.26. The SMILES string of the molecule is COc1ccc(N2CCN(c3nc(N(C)C)nc4[nH]c(C)cc34)CC2)cc1. The molecule has 0 amide bonds. The Kier molecular flexibility index (Phi) is 4.51. The number of hydrogen-bond donors (Lipinski definition) is 1. The van der Waals surface area contributed by atoms with Crippen LogP contribution in [0.3, 0.4) is 0 Å². The minimum Gasteiger partial charge on any atom is -0.497 e. The molecule has 1 aliphatic heterocycles. The molecule has 1 aromatic carbocycles. The molecule has 7 nitrogen and oxygen atoms in total. The maximum absolute atomic E-state index is 5.26. The highest BCUT2D eigenvalue weighted by molar-refractivity contribution is 5.89. The van der Waals surface area contributed by atoms with Crippen LogP contribution >= 0.6 is 0 Å². The van der Waals surface area contributed by atoms with Gasteiger partial charge in [0.25, 0.3) is 0 Å². The third-order valence-electron chi connectivity index (χ3n) is 5.01. The lowest BCUT2D eigenvalue weighted by atomic mass is 10.2. The zero-order valence-corrected chi connectivity index (χ0v) is 16.4. The molecule has 3 heterocycles. The highest BCUT2D eigenvalue weighted by Gasteiger charge is 2.22. The lowest BCUT2D eigenvalue weighted by Gasteiger charge is -2.37. The maximum Gasteiger partial charge on any atom is 0.228 e. The fourth-order valence-electron chi connectivity index (χ4n) is 3.52. The average Bonchev–Trinajstić information content (AvgIpc) is 3.07. The molecule has 0 aliphatic carbocycles. The Labute approximate surface area is 159 Å². The van der Waals surface area contributed by atoms with Crippen LogP contribution in [0.25, 0.3) is 11.0 Å². The molecule has 1 N–H and O–H groups in total. The predicted molar refractivity (Wildman–Crippen MR) is 110 cm³/mol. The minimum absolute atomic E-state index is 0.733. The Balaban J connectivity index is 1.57. The van der Waals surface area contributed by atoms with E-state index in [1.54, 1.807) is 7.11 Å². The Morgan fingerprint density at radius 1 is 1.00 bits per heavy atom. The summed E-state index contributed by atoms with van der Waals surface area (Å²) in [7, 11) is 5.64. The van der Waals surface area contributed by atoms with Gasteiger partial charge in [0.15, 0.2) is 0 Å². The molecule has 0 unspecified atom stereocenters. The fourth-order valence-corrected chi connectivity index (χ4v) is 3.52. The van der Waals surface area contributed by atoms with Crippen molar-refractivity contribution in [2.45, 2.75) is 6.92 Å². The van der Waals surface area contributed by atoms with Gasteiger partial charge >= 0.3 is 0 Å². The van der Waals surface area contributed by atoms with Crippen LogP contribution in [-0.4, -0.2) is 62.3 Å². The van der Waals surface area contributed by atoms with E-state index in [2.05, 4.69) is 44.9 Å². The lowest BCUT2D eigenvalue weighted by molar-refractivity contribution is 0.415. The van der Waals surface area contributed by atoms with Crippen molar-refractivity contribution in [3.8, 4) is 5.75 Å². The number of nitrogens with zero attached hydrogens (tertiary/aromatic N) is 5. The molecule has 0 spiro atoms. The van der Waals surface area contributed by atoms with Crippen LogP contribution in [0.2, 0.25) is 0 Å². The number of nitrogens with one attached hydrogen (secondary N) is 1. The van der Waals surface area contributed by atoms with Gasteiger partial charge in [-0.1, -0.05) is 0 Å². The number of ether oxygens (including phenoxy) is 1. The second kappa shape index (κ2) is 6.98. The standard InChI is InChI=1S/C20H26N6O/c1-14-13-17-18(21-14)22-20(24(2)3)23-19(17)26-11-9-25(10-12-26)15-5-7-16(27-4)8-6-15/h5-8,13H,9-12H2,1-4H3,(H,21,22,23). The van der Waals surface area contributed by atoms with E-state index in [4.69, 9.17) is 9.72 Å². The van der Waals surface area contributed by atoms with Crippen molar-refractivity contribution in [3.05, 3.63) is 36.0 Å². The highest BCUT2D eigenvalue weighted by Crippen LogP contribution is 2.29. The molecule has 1 fully saturated rings. The Morgan fingerprint density at radius 3 is 2.30 bits per heavy atom. The predicted octanol–water partition coefficient (Wildman–Crippen LogP) is 2.67. The van der Waals surface area contributed by atoms with Gasteiger partial charge in [0.1, 0.15) is 17.2 Å². The molecule has 0 bridgehead atoms. The third-order valence-corrected chi connectivity index (χ3v) is 5.01. The first-order chi connectivity index (χ1) is 13.0. The first-order valence-electron chi connectivity index (χ1n) is 9.24. The number of benzene rings is 1. The van der Waals surface area contributed by atoms with Gasteiger partial charge in [-0.15, -0.1) is 0 Å². The summed E-state index contributed by atoms with van der Waals surface area (Å²) in [6, 6.07) is 10.4. The molecule has 1 saturated heterocycles. The Bertz CT molecular complexity index is 926. The first kappa shape index (κ1) is 17.5. The van der Waals surface area contributed by atoms with Gasteiger partial charge in [-0.3, -0.25) is 0 Å². The summed E-state index contributed by atoms with van der Waals surface area (Å²) in [6.07, 6.45) is 0. The second-order valence-electron chi connectivity index (χ2n) is 7.13. The molecule has 1 aliphatic rings. The van der Waals surface area contributed by atoms with Gasteiger partial charge < -0.3 is 24.4 Å². The second-order valence-corrected chi connectivity index (χ2v) is 7.13. The van der Waals surface area contributed by atoms with Crippen molar-refractivity contribution in [1.82, 2.24) is 15.0 Å². The number of anilines is 3. The molecule has 0 saturated carbocycles. The molecule has 2 aromatic heterocycles. The van der Waals surface area contributed by atoms with Crippen molar-refractivity contribution in [1.29, 1.82) is 0 Å². The number of aromatic nitrogens is 3. The third kappa shape index (κ3) is 3.37.